The molecule has 1 aliphatic rings. The van der Waals surface area contributed by atoms with Crippen molar-refractivity contribution < 1.29 is 17.6 Å². The lowest BCUT2D eigenvalue weighted by Gasteiger charge is -2.40. The molecular weight excluding hydrogens is 421 g/mol. The molecule has 12 heteroatoms. The summed E-state index contributed by atoms with van der Waals surface area (Å²) in [6.45, 7) is 0. The van der Waals surface area contributed by atoms with E-state index < -0.39 is 36.4 Å². The van der Waals surface area contributed by atoms with Crippen LogP contribution < -0.4 is 5.73 Å². The Labute approximate surface area is 159 Å². The molecule has 1 aliphatic heterocycles. The van der Waals surface area contributed by atoms with Gasteiger partial charge >= 0.3 is 6.18 Å². The number of aromatic nitrogens is 3. The van der Waals surface area contributed by atoms with Crippen molar-refractivity contribution >= 4 is 45.9 Å². The second-order valence-corrected chi connectivity index (χ2v) is 6.93. The maximum Gasteiger partial charge on any atom is 0.389 e. The van der Waals surface area contributed by atoms with Crippen molar-refractivity contribution in [3.05, 3.63) is 39.9 Å². The van der Waals surface area contributed by atoms with Crippen molar-refractivity contribution in [2.45, 2.75) is 30.6 Å². The smallest absolute Gasteiger partial charge is 0.306 e. The van der Waals surface area contributed by atoms with E-state index in [2.05, 4.69) is 15.1 Å². The molecule has 140 valence electrons. The Morgan fingerprint density at radius 3 is 2.38 bits per heavy atom. The molecule has 5 nitrogen and oxygen atoms in total. The highest BCUT2D eigenvalue weighted by molar-refractivity contribution is 6.67. The molecule has 0 saturated heterocycles. The summed E-state index contributed by atoms with van der Waals surface area (Å²) in [6.07, 6.45) is -5.21. The molecule has 0 amide bonds. The fourth-order valence-electron chi connectivity index (χ4n) is 2.88. The van der Waals surface area contributed by atoms with Crippen LogP contribution in [0.1, 0.15) is 24.3 Å². The molecule has 26 heavy (non-hydrogen) atoms. The van der Waals surface area contributed by atoms with E-state index in [0.29, 0.717) is 0 Å². The fraction of sp³-hybridized carbons (Fsp3) is 0.357. The largest absolute Gasteiger partial charge is 0.389 e. The lowest BCUT2D eigenvalue weighted by molar-refractivity contribution is -0.140. The molecule has 2 heterocycles. The molecule has 0 saturated carbocycles. The van der Waals surface area contributed by atoms with E-state index >= 15 is 0 Å². The Hall–Kier alpha value is -1.42. The topological polar surface area (TPSA) is 69.1 Å². The highest BCUT2D eigenvalue weighted by Crippen LogP contribution is 2.47. The van der Waals surface area contributed by atoms with Crippen LogP contribution in [0.2, 0.25) is 10.0 Å². The summed E-state index contributed by atoms with van der Waals surface area (Å²) >= 11 is 18.4. The van der Waals surface area contributed by atoms with Gasteiger partial charge in [0, 0.05) is 22.0 Å². The van der Waals surface area contributed by atoms with E-state index in [4.69, 9.17) is 40.5 Å². The quantitative estimate of drug-likeness (QED) is 0.715. The minimum atomic E-state index is -4.48. The first-order valence-electron chi connectivity index (χ1n) is 7.17. The number of aliphatic imine (C=N–C) groups is 1. The van der Waals surface area contributed by atoms with Gasteiger partial charge in [0.15, 0.2) is 0 Å². The van der Waals surface area contributed by atoms with Gasteiger partial charge in [0.25, 0.3) is 5.95 Å². The van der Waals surface area contributed by atoms with Crippen LogP contribution in [0.5, 0.6) is 0 Å². The predicted octanol–water partition coefficient (Wildman–Crippen LogP) is 4.74. The highest BCUT2D eigenvalue weighted by atomic mass is 35.5. The number of rotatable bonds is 3. The van der Waals surface area contributed by atoms with E-state index in [1.165, 1.54) is 0 Å². The maximum atomic E-state index is 13.5. The number of fused-ring (bicyclic) bond motifs is 1. The van der Waals surface area contributed by atoms with E-state index in [1.54, 1.807) is 0 Å². The number of hydrogen-bond acceptors (Lipinski definition) is 4. The third-order valence-corrected chi connectivity index (χ3v) is 4.94. The molecule has 1 aromatic heterocycles. The number of alkyl halides is 3. The fourth-order valence-corrected chi connectivity index (χ4v) is 3.94. The number of nitrogens with two attached hydrogens (primary N) is 1. The molecule has 1 aromatic carbocycles. The summed E-state index contributed by atoms with van der Waals surface area (Å²) in [5.41, 5.74) is 4.60. The Bertz CT molecular complexity index is 859. The van der Waals surface area contributed by atoms with E-state index in [9.17, 15) is 17.6 Å². The highest BCUT2D eigenvalue weighted by Gasteiger charge is 2.49. The zero-order chi connectivity index (χ0) is 19.3. The van der Waals surface area contributed by atoms with Gasteiger partial charge in [-0.2, -0.15) is 23.3 Å². The Kier molecular flexibility index (Phi) is 4.93. The molecule has 2 aromatic rings. The van der Waals surface area contributed by atoms with Gasteiger partial charge in [-0.25, -0.2) is 14.1 Å². The first-order chi connectivity index (χ1) is 12.0. The first kappa shape index (κ1) is 19.3. The van der Waals surface area contributed by atoms with Crippen molar-refractivity contribution in [2.24, 2.45) is 10.7 Å². The summed E-state index contributed by atoms with van der Waals surface area (Å²) in [7, 11) is 0. The van der Waals surface area contributed by atoms with Crippen molar-refractivity contribution in [1.82, 2.24) is 14.8 Å². The average Bonchev–Trinajstić information content (AvgIpc) is 2.96. The minimum Gasteiger partial charge on any atom is -0.306 e. The SMILES string of the molecule is NC1(CCC(F)(F)F)C(c2c(Cl)cc(F)cc2Cl)C(Cl)=Nc2ncnn21. The Balaban J connectivity index is 2.18. The van der Waals surface area contributed by atoms with Crippen LogP contribution in [-0.4, -0.2) is 26.1 Å². The van der Waals surface area contributed by atoms with Crippen molar-refractivity contribution in [3.8, 4) is 0 Å². The van der Waals surface area contributed by atoms with Gasteiger partial charge in [-0.1, -0.05) is 34.8 Å². The van der Waals surface area contributed by atoms with E-state index in [0.717, 1.165) is 23.1 Å². The lowest BCUT2D eigenvalue weighted by Crippen LogP contribution is -2.53. The number of halogens is 7. The van der Waals surface area contributed by atoms with Gasteiger partial charge in [-0.05, 0) is 18.6 Å². The second-order valence-electron chi connectivity index (χ2n) is 5.73. The molecule has 0 fully saturated rings. The van der Waals surface area contributed by atoms with E-state index in [-0.39, 0.29) is 26.7 Å². The second kappa shape index (κ2) is 6.63. The summed E-state index contributed by atoms with van der Waals surface area (Å²) in [5, 5.41) is 3.43. The Morgan fingerprint density at radius 2 is 1.81 bits per heavy atom. The van der Waals surface area contributed by atoms with E-state index in [1.807, 2.05) is 0 Å². The first-order valence-corrected chi connectivity index (χ1v) is 8.31. The van der Waals surface area contributed by atoms with Crippen LogP contribution >= 0.6 is 34.8 Å². The summed E-state index contributed by atoms with van der Waals surface area (Å²) in [5.74, 6) is -1.95. The van der Waals surface area contributed by atoms with Gasteiger partial charge in [0.1, 0.15) is 23.0 Å². The van der Waals surface area contributed by atoms with Gasteiger partial charge < -0.3 is 5.73 Å². The molecule has 2 unspecified atom stereocenters. The maximum absolute atomic E-state index is 13.5. The van der Waals surface area contributed by atoms with Gasteiger partial charge in [-0.3, -0.25) is 0 Å². The zero-order valence-corrected chi connectivity index (χ0v) is 15.0. The average molecular weight is 431 g/mol. The van der Waals surface area contributed by atoms with Gasteiger partial charge in [0.05, 0.1) is 5.92 Å². The summed E-state index contributed by atoms with van der Waals surface area (Å²) in [4.78, 5) is 7.83. The van der Waals surface area contributed by atoms with Crippen molar-refractivity contribution in [1.29, 1.82) is 0 Å². The van der Waals surface area contributed by atoms with Gasteiger partial charge in [-0.15, -0.1) is 0 Å². The third kappa shape index (κ3) is 3.40. The molecule has 0 radical (unpaired) electrons. The van der Waals surface area contributed by atoms with Crippen LogP contribution in [0.25, 0.3) is 0 Å². The predicted molar refractivity (Wildman–Crippen MR) is 89.6 cm³/mol. The standard InChI is InChI=1S/C14H10Cl3F4N5/c15-7-3-6(18)4-8(16)9(7)10-11(17)25-12-23-5-24-26(12)13(10,22)1-2-14(19,20)21/h3-5,10H,1-2,22H2. The Morgan fingerprint density at radius 1 is 1.19 bits per heavy atom. The summed E-state index contributed by atoms with van der Waals surface area (Å²) < 4.78 is 53.1. The minimum absolute atomic E-state index is 0.0507. The van der Waals surface area contributed by atoms with Crippen molar-refractivity contribution in [3.63, 3.8) is 0 Å². The molecule has 0 bridgehead atoms. The summed E-state index contributed by atoms with van der Waals surface area (Å²) in [6, 6.07) is 1.93. The number of benzene rings is 1. The normalized spacial score (nSPS) is 22.9. The molecular formula is C14H10Cl3F4N5. The number of hydrogen-bond donors (Lipinski definition) is 1. The molecule has 0 spiro atoms. The van der Waals surface area contributed by atoms with Gasteiger partial charge in [0.2, 0.25) is 0 Å². The number of nitrogens with zero attached hydrogens (tertiary/aromatic N) is 4. The molecule has 2 atom stereocenters. The van der Waals surface area contributed by atoms with Crippen LogP contribution in [-0.2, 0) is 5.66 Å². The van der Waals surface area contributed by atoms with Crippen LogP contribution in [0, 0.1) is 5.82 Å². The third-order valence-electron chi connectivity index (χ3n) is 4.01. The van der Waals surface area contributed by atoms with Crippen LogP contribution in [0.15, 0.2) is 23.5 Å². The molecule has 2 N–H and O–H groups in total. The molecule has 3 rings (SSSR count). The van der Waals surface area contributed by atoms with Crippen LogP contribution in [0.4, 0.5) is 23.5 Å². The zero-order valence-electron chi connectivity index (χ0n) is 12.7. The monoisotopic (exact) mass is 429 g/mol. The lowest BCUT2D eigenvalue weighted by atomic mass is 9.83. The van der Waals surface area contributed by atoms with Crippen molar-refractivity contribution in [2.75, 3.05) is 0 Å². The molecule has 0 aliphatic carbocycles. The van der Waals surface area contributed by atoms with Crippen LogP contribution in [0.3, 0.4) is 0 Å².